The van der Waals surface area contributed by atoms with Gasteiger partial charge >= 0.3 is 5.97 Å². The fraction of sp³-hybridized carbons (Fsp3) is 0.182. The van der Waals surface area contributed by atoms with Crippen molar-refractivity contribution in [2.45, 2.75) is 6.92 Å². The molecule has 0 unspecified atom stereocenters. The zero-order chi connectivity index (χ0) is 12.3. The molecule has 0 fully saturated rings. The van der Waals surface area contributed by atoms with Crippen LogP contribution in [0.2, 0.25) is 0 Å². The predicted molar refractivity (Wildman–Crippen MR) is 51.4 cm³/mol. The van der Waals surface area contributed by atoms with Crippen LogP contribution in [0.1, 0.15) is 17.3 Å². The van der Waals surface area contributed by atoms with E-state index in [0.29, 0.717) is 17.7 Å². The molecule has 1 aromatic carbocycles. The molecule has 0 spiro atoms. The summed E-state index contributed by atoms with van der Waals surface area (Å²) >= 11 is 0. The zero-order valence-electron chi connectivity index (χ0n) is 8.52. The first-order valence-corrected chi connectivity index (χ1v) is 4.38. The maximum atomic E-state index is 13.1. The van der Waals surface area contributed by atoms with Crippen LogP contribution in [0.3, 0.4) is 0 Å². The minimum absolute atomic E-state index is 0.144. The summed E-state index contributed by atoms with van der Waals surface area (Å²) in [7, 11) is 0. The zero-order valence-corrected chi connectivity index (χ0v) is 8.52. The topological polar surface area (TPSA) is 26.3 Å². The highest BCUT2D eigenvalue weighted by molar-refractivity contribution is 5.90. The molecule has 5 heteroatoms. The first-order chi connectivity index (χ1) is 7.41. The van der Waals surface area contributed by atoms with Gasteiger partial charge in [-0.15, -0.1) is 0 Å². The molecule has 0 radical (unpaired) electrons. The van der Waals surface area contributed by atoms with Gasteiger partial charge < -0.3 is 4.74 Å². The molecule has 0 aliphatic rings. The minimum Gasteiger partial charge on any atom is -0.457 e. The second-order valence-electron chi connectivity index (χ2n) is 3.28. The van der Waals surface area contributed by atoms with Crippen LogP contribution in [0, 0.1) is 17.5 Å². The molecule has 0 aromatic heterocycles. The van der Waals surface area contributed by atoms with E-state index in [1.165, 1.54) is 0 Å². The van der Waals surface area contributed by atoms with E-state index in [0.717, 1.165) is 0 Å². The predicted octanol–water partition coefficient (Wildman–Crippen LogP) is 2.84. The summed E-state index contributed by atoms with van der Waals surface area (Å²) in [6, 6.07) is 0.834. The molecule has 0 bridgehead atoms. The summed E-state index contributed by atoms with van der Waals surface area (Å²) in [5.41, 5.74) is -0.376. The quantitative estimate of drug-likeness (QED) is 0.589. The van der Waals surface area contributed by atoms with Crippen LogP contribution in [-0.4, -0.2) is 12.6 Å². The van der Waals surface area contributed by atoms with Gasteiger partial charge in [0.25, 0.3) is 0 Å². The molecule has 0 atom stereocenters. The summed E-state index contributed by atoms with van der Waals surface area (Å²) in [5, 5.41) is 0. The first kappa shape index (κ1) is 12.3. The lowest BCUT2D eigenvalue weighted by Gasteiger charge is -2.06. The van der Waals surface area contributed by atoms with Gasteiger partial charge in [0.15, 0.2) is 0 Å². The normalized spacial score (nSPS) is 10.0. The van der Waals surface area contributed by atoms with Crippen molar-refractivity contribution in [3.63, 3.8) is 0 Å². The third-order valence-electron chi connectivity index (χ3n) is 1.66. The molecule has 1 aromatic rings. The van der Waals surface area contributed by atoms with E-state index in [9.17, 15) is 18.0 Å². The smallest absolute Gasteiger partial charge is 0.344 e. The molecule has 16 heavy (non-hydrogen) atoms. The molecule has 0 aliphatic heterocycles. The number of carbonyl (C=O) groups is 1. The Morgan fingerprint density at radius 2 is 1.81 bits per heavy atom. The van der Waals surface area contributed by atoms with Crippen molar-refractivity contribution in [2.24, 2.45) is 0 Å². The van der Waals surface area contributed by atoms with E-state index in [1.807, 2.05) is 0 Å². The second-order valence-corrected chi connectivity index (χ2v) is 3.28. The number of hydrogen-bond acceptors (Lipinski definition) is 2. The lowest BCUT2D eigenvalue weighted by Crippen LogP contribution is -2.11. The lowest BCUT2D eigenvalue weighted by atomic mass is 10.2. The highest BCUT2D eigenvalue weighted by Crippen LogP contribution is 2.16. The third kappa shape index (κ3) is 2.85. The Balaban J connectivity index is 2.95. The van der Waals surface area contributed by atoms with E-state index in [2.05, 4.69) is 11.3 Å². The Morgan fingerprint density at radius 3 is 2.25 bits per heavy atom. The average Bonchev–Trinajstić information content (AvgIpc) is 2.12. The van der Waals surface area contributed by atoms with Gasteiger partial charge in [-0.1, -0.05) is 6.58 Å². The molecule has 0 amide bonds. The van der Waals surface area contributed by atoms with Gasteiger partial charge in [0, 0.05) is 12.1 Å². The molecule has 0 saturated heterocycles. The Labute approximate surface area is 90.3 Å². The van der Waals surface area contributed by atoms with Gasteiger partial charge in [-0.2, -0.15) is 0 Å². The number of ether oxygens (including phenoxy) is 1. The van der Waals surface area contributed by atoms with Gasteiger partial charge in [-0.3, -0.25) is 0 Å². The van der Waals surface area contributed by atoms with E-state index in [4.69, 9.17) is 0 Å². The largest absolute Gasteiger partial charge is 0.457 e. The number of esters is 1. The maximum Gasteiger partial charge on any atom is 0.344 e. The molecular weight excluding hydrogens is 221 g/mol. The van der Waals surface area contributed by atoms with Crippen LogP contribution in [0.4, 0.5) is 13.2 Å². The van der Waals surface area contributed by atoms with E-state index in [-0.39, 0.29) is 6.61 Å². The highest BCUT2D eigenvalue weighted by Gasteiger charge is 2.20. The monoisotopic (exact) mass is 230 g/mol. The average molecular weight is 230 g/mol. The van der Waals surface area contributed by atoms with E-state index >= 15 is 0 Å². The lowest BCUT2D eigenvalue weighted by molar-refractivity contribution is 0.0529. The van der Waals surface area contributed by atoms with Crippen LogP contribution in [0.15, 0.2) is 24.3 Å². The van der Waals surface area contributed by atoms with Crippen molar-refractivity contribution >= 4 is 5.97 Å². The van der Waals surface area contributed by atoms with E-state index < -0.39 is 29.0 Å². The summed E-state index contributed by atoms with van der Waals surface area (Å²) in [6.45, 7) is 4.90. The SMILES string of the molecule is C=C(C)COC(=O)c1c(F)cc(F)cc1F. The molecule has 86 valence electrons. The summed E-state index contributed by atoms with van der Waals surface area (Å²) in [5.74, 6) is -4.85. The van der Waals surface area contributed by atoms with Crippen molar-refractivity contribution in [3.8, 4) is 0 Å². The fourth-order valence-electron chi connectivity index (χ4n) is 0.998. The molecule has 1 rings (SSSR count). The summed E-state index contributed by atoms with van der Waals surface area (Å²) in [6.07, 6.45) is 0. The minimum atomic E-state index is -1.29. The van der Waals surface area contributed by atoms with Crippen LogP contribution in [0.5, 0.6) is 0 Å². The van der Waals surface area contributed by atoms with Crippen LogP contribution in [-0.2, 0) is 4.74 Å². The van der Waals surface area contributed by atoms with Crippen molar-refractivity contribution in [3.05, 3.63) is 47.3 Å². The number of carbonyl (C=O) groups excluding carboxylic acids is 1. The summed E-state index contributed by atoms with van der Waals surface area (Å²) < 4.78 is 43.3. The number of benzene rings is 1. The first-order valence-electron chi connectivity index (χ1n) is 4.38. The van der Waals surface area contributed by atoms with Crippen LogP contribution < -0.4 is 0 Å². The molecular formula is C11H9F3O2. The van der Waals surface area contributed by atoms with E-state index in [1.54, 1.807) is 6.92 Å². The second kappa shape index (κ2) is 4.83. The third-order valence-corrected chi connectivity index (χ3v) is 1.66. The molecule has 0 saturated carbocycles. The molecule has 0 heterocycles. The maximum absolute atomic E-state index is 13.1. The number of hydrogen-bond donors (Lipinski definition) is 0. The standard InChI is InChI=1S/C11H9F3O2/c1-6(2)5-16-11(15)10-8(13)3-7(12)4-9(10)14/h3-4H,1,5H2,2H3. The Kier molecular flexibility index (Phi) is 3.71. The fourth-order valence-corrected chi connectivity index (χ4v) is 0.998. The van der Waals surface area contributed by atoms with Gasteiger partial charge in [0.2, 0.25) is 0 Å². The van der Waals surface area contributed by atoms with Crippen LogP contribution >= 0.6 is 0 Å². The van der Waals surface area contributed by atoms with Crippen molar-refractivity contribution < 1.29 is 22.7 Å². The van der Waals surface area contributed by atoms with Gasteiger partial charge in [0.05, 0.1) is 0 Å². The molecule has 0 aliphatic carbocycles. The Hall–Kier alpha value is -1.78. The number of rotatable bonds is 3. The van der Waals surface area contributed by atoms with Gasteiger partial charge in [-0.25, -0.2) is 18.0 Å². The Morgan fingerprint density at radius 1 is 1.31 bits per heavy atom. The summed E-state index contributed by atoms with van der Waals surface area (Å²) in [4.78, 5) is 11.2. The van der Waals surface area contributed by atoms with Gasteiger partial charge in [-0.05, 0) is 12.5 Å². The van der Waals surface area contributed by atoms with Crippen LogP contribution in [0.25, 0.3) is 0 Å². The molecule has 0 N–H and O–H groups in total. The highest BCUT2D eigenvalue weighted by atomic mass is 19.1. The molecule has 2 nitrogen and oxygen atoms in total. The Bertz CT molecular complexity index is 418. The van der Waals surface area contributed by atoms with Crippen molar-refractivity contribution in [2.75, 3.05) is 6.61 Å². The number of halogens is 3. The van der Waals surface area contributed by atoms with Crippen molar-refractivity contribution in [1.82, 2.24) is 0 Å². The van der Waals surface area contributed by atoms with Gasteiger partial charge in [0.1, 0.15) is 29.6 Å². The van der Waals surface area contributed by atoms with Crippen molar-refractivity contribution in [1.29, 1.82) is 0 Å².